The zero-order valence-corrected chi connectivity index (χ0v) is 11.9. The Morgan fingerprint density at radius 1 is 1.36 bits per heavy atom. The Bertz CT molecular complexity index is 594. The second-order valence-electron chi connectivity index (χ2n) is 5.68. The number of carbonyl (C=O) groups is 2. The topological polar surface area (TPSA) is 66.4 Å². The van der Waals surface area contributed by atoms with Crippen molar-refractivity contribution in [3.05, 3.63) is 35.4 Å². The van der Waals surface area contributed by atoms with Gasteiger partial charge >= 0.3 is 12.1 Å². The van der Waals surface area contributed by atoms with E-state index >= 15 is 0 Å². The number of amides is 1. The molecule has 1 amide bonds. The van der Waals surface area contributed by atoms with Crippen molar-refractivity contribution in [2.45, 2.75) is 37.9 Å². The molecule has 0 aromatic heterocycles. The third-order valence-electron chi connectivity index (χ3n) is 3.77. The van der Waals surface area contributed by atoms with Crippen LogP contribution in [-0.2, 0) is 22.2 Å². The molecule has 0 aliphatic heterocycles. The lowest BCUT2D eigenvalue weighted by Crippen LogP contribution is -2.45. The average molecular weight is 315 g/mol. The molecule has 1 aliphatic carbocycles. The van der Waals surface area contributed by atoms with E-state index in [4.69, 9.17) is 5.11 Å². The second-order valence-corrected chi connectivity index (χ2v) is 5.68. The minimum Gasteiger partial charge on any atom is -0.480 e. The smallest absolute Gasteiger partial charge is 0.416 e. The van der Waals surface area contributed by atoms with Gasteiger partial charge in [0.25, 0.3) is 0 Å². The Labute approximate surface area is 125 Å². The molecule has 0 saturated heterocycles. The van der Waals surface area contributed by atoms with Crippen LogP contribution >= 0.6 is 0 Å². The first kappa shape index (κ1) is 16.3. The predicted molar refractivity (Wildman–Crippen MR) is 72.1 cm³/mol. The van der Waals surface area contributed by atoms with Crippen molar-refractivity contribution in [3.8, 4) is 0 Å². The van der Waals surface area contributed by atoms with Gasteiger partial charge in [-0.05, 0) is 30.9 Å². The first-order chi connectivity index (χ1) is 10.1. The van der Waals surface area contributed by atoms with Crippen LogP contribution in [-0.4, -0.2) is 22.5 Å². The van der Waals surface area contributed by atoms with Crippen molar-refractivity contribution in [2.24, 2.45) is 5.92 Å². The van der Waals surface area contributed by atoms with Crippen molar-refractivity contribution < 1.29 is 27.9 Å². The maximum atomic E-state index is 12.6. The molecule has 4 nitrogen and oxygen atoms in total. The molecule has 0 spiro atoms. The summed E-state index contributed by atoms with van der Waals surface area (Å²) >= 11 is 0. The number of alkyl halides is 3. The Morgan fingerprint density at radius 2 is 2.00 bits per heavy atom. The molecular formula is C15H16F3NO3. The molecule has 0 bridgehead atoms. The first-order valence-electron chi connectivity index (χ1n) is 6.86. The van der Waals surface area contributed by atoms with Gasteiger partial charge in [-0.2, -0.15) is 13.2 Å². The lowest BCUT2D eigenvalue weighted by Gasteiger charge is -2.17. The van der Waals surface area contributed by atoms with Gasteiger partial charge in [0, 0.05) is 5.92 Å². The minimum absolute atomic E-state index is 0.117. The van der Waals surface area contributed by atoms with Crippen molar-refractivity contribution in [2.75, 3.05) is 0 Å². The highest BCUT2D eigenvalue weighted by atomic mass is 19.4. The van der Waals surface area contributed by atoms with Crippen molar-refractivity contribution in [1.29, 1.82) is 0 Å². The van der Waals surface area contributed by atoms with Crippen molar-refractivity contribution >= 4 is 11.9 Å². The van der Waals surface area contributed by atoms with Gasteiger partial charge in [-0.25, -0.2) is 4.79 Å². The monoisotopic (exact) mass is 315 g/mol. The summed E-state index contributed by atoms with van der Waals surface area (Å²) in [5.74, 6) is -2.15. The van der Waals surface area contributed by atoms with Crippen LogP contribution in [0.4, 0.5) is 13.2 Å². The van der Waals surface area contributed by atoms with Gasteiger partial charge < -0.3 is 10.4 Å². The van der Waals surface area contributed by atoms with Crippen LogP contribution in [0.25, 0.3) is 0 Å². The average Bonchev–Trinajstić information content (AvgIpc) is 3.19. The normalized spacial score (nSPS) is 17.6. The van der Waals surface area contributed by atoms with Crippen molar-refractivity contribution in [1.82, 2.24) is 5.32 Å². The molecule has 1 atom stereocenters. The summed E-state index contributed by atoms with van der Waals surface area (Å²) in [7, 11) is 0. The molecule has 2 rings (SSSR count). The highest BCUT2D eigenvalue weighted by Gasteiger charge is 2.51. The van der Waals surface area contributed by atoms with Gasteiger partial charge in [-0.15, -0.1) is 0 Å². The molecule has 1 saturated carbocycles. The highest BCUT2D eigenvalue weighted by molar-refractivity contribution is 5.90. The summed E-state index contributed by atoms with van der Waals surface area (Å²) in [5.41, 5.74) is -1.56. The largest absolute Gasteiger partial charge is 0.480 e. The number of nitrogens with one attached hydrogen (secondary N) is 1. The van der Waals surface area contributed by atoms with Crippen LogP contribution in [0.3, 0.4) is 0 Å². The number of hydrogen-bond acceptors (Lipinski definition) is 2. The fourth-order valence-corrected chi connectivity index (χ4v) is 2.20. The third-order valence-corrected chi connectivity index (χ3v) is 3.77. The third kappa shape index (κ3) is 3.58. The van der Waals surface area contributed by atoms with Crippen LogP contribution < -0.4 is 5.32 Å². The fraction of sp³-hybridized carbons (Fsp3) is 0.467. The Kier molecular flexibility index (Phi) is 4.17. The van der Waals surface area contributed by atoms with E-state index < -0.39 is 35.1 Å². The van der Waals surface area contributed by atoms with E-state index in [-0.39, 0.29) is 6.42 Å². The van der Waals surface area contributed by atoms with Crippen LogP contribution in [0, 0.1) is 5.92 Å². The maximum absolute atomic E-state index is 12.6. The van der Waals surface area contributed by atoms with E-state index in [1.807, 2.05) is 0 Å². The van der Waals surface area contributed by atoms with Gasteiger partial charge in [0.1, 0.15) is 5.54 Å². The van der Waals surface area contributed by atoms with E-state index in [0.29, 0.717) is 18.4 Å². The van der Waals surface area contributed by atoms with Gasteiger partial charge in [0.2, 0.25) is 5.91 Å². The van der Waals surface area contributed by atoms with Gasteiger partial charge in [0.05, 0.1) is 5.56 Å². The number of benzene rings is 1. The Balaban J connectivity index is 2.01. The molecule has 1 aromatic rings. The number of halogens is 3. The predicted octanol–water partition coefficient (Wildman–Crippen LogP) is 2.62. The molecule has 1 unspecified atom stereocenters. The summed E-state index contributed by atoms with van der Waals surface area (Å²) in [6.45, 7) is 1.56. The molecule has 7 heteroatoms. The molecule has 2 N–H and O–H groups in total. The second kappa shape index (κ2) is 5.62. The van der Waals surface area contributed by atoms with Crippen molar-refractivity contribution in [3.63, 3.8) is 0 Å². The van der Waals surface area contributed by atoms with E-state index in [2.05, 4.69) is 5.32 Å². The van der Waals surface area contributed by atoms with Crippen LogP contribution in [0.5, 0.6) is 0 Å². The molecule has 22 heavy (non-hydrogen) atoms. The summed E-state index contributed by atoms with van der Waals surface area (Å²) in [4.78, 5) is 23.0. The molecule has 1 aliphatic rings. The first-order valence-corrected chi connectivity index (χ1v) is 6.86. The summed E-state index contributed by atoms with van der Waals surface area (Å²) in [6, 6.07) is 4.79. The highest BCUT2D eigenvalue weighted by Crippen LogP contribution is 2.36. The van der Waals surface area contributed by atoms with E-state index in [1.165, 1.54) is 12.1 Å². The van der Waals surface area contributed by atoms with Gasteiger partial charge in [-0.3, -0.25) is 4.79 Å². The number of rotatable bonds is 5. The minimum atomic E-state index is -4.43. The molecule has 1 aromatic carbocycles. The summed E-state index contributed by atoms with van der Waals surface area (Å²) < 4.78 is 37.9. The molecule has 120 valence electrons. The number of carboxylic acid groups (broad SMARTS) is 1. The van der Waals surface area contributed by atoms with Gasteiger partial charge in [0.15, 0.2) is 0 Å². The zero-order chi connectivity index (χ0) is 16.5. The standard InChI is InChI=1S/C15H16F3NO3/c1-9(12(20)19-14(5-6-14)13(21)22)7-10-3-2-4-11(8-10)15(16,17)18/h2-4,8-9H,5-7H2,1H3,(H,19,20)(H,21,22). The number of carbonyl (C=O) groups excluding carboxylic acids is 1. The molecule has 0 heterocycles. The fourth-order valence-electron chi connectivity index (χ4n) is 2.20. The molecule has 1 fully saturated rings. The van der Waals surface area contributed by atoms with Crippen LogP contribution in [0.15, 0.2) is 24.3 Å². The molecule has 0 radical (unpaired) electrons. The van der Waals surface area contributed by atoms with E-state index in [9.17, 15) is 22.8 Å². The lowest BCUT2D eigenvalue weighted by atomic mass is 9.98. The quantitative estimate of drug-likeness (QED) is 0.878. The summed E-state index contributed by atoms with van der Waals surface area (Å²) in [6.07, 6.45) is -3.55. The van der Waals surface area contributed by atoms with Gasteiger partial charge in [-0.1, -0.05) is 25.1 Å². The number of hydrogen-bond donors (Lipinski definition) is 2. The Hall–Kier alpha value is -2.05. The van der Waals surface area contributed by atoms with Crippen LogP contribution in [0.1, 0.15) is 30.9 Å². The molecular weight excluding hydrogens is 299 g/mol. The Morgan fingerprint density at radius 3 is 2.50 bits per heavy atom. The maximum Gasteiger partial charge on any atom is 0.416 e. The number of aliphatic carboxylic acids is 1. The summed E-state index contributed by atoms with van der Waals surface area (Å²) in [5, 5.41) is 11.5. The zero-order valence-electron chi connectivity index (χ0n) is 11.9. The van der Waals surface area contributed by atoms with Crippen LogP contribution in [0.2, 0.25) is 0 Å². The van der Waals surface area contributed by atoms with E-state index in [0.717, 1.165) is 12.1 Å². The van der Waals surface area contributed by atoms with E-state index in [1.54, 1.807) is 6.92 Å². The number of carboxylic acids is 1. The SMILES string of the molecule is CC(Cc1cccc(C(F)(F)F)c1)C(=O)NC1(C(=O)O)CC1. The lowest BCUT2D eigenvalue weighted by molar-refractivity contribution is -0.143.